The maximum absolute atomic E-state index is 12.5. The second kappa shape index (κ2) is 8.66. The van der Waals surface area contributed by atoms with E-state index in [-0.39, 0.29) is 30.9 Å². The number of anilines is 1. The van der Waals surface area contributed by atoms with Crippen molar-refractivity contribution >= 4 is 17.5 Å². The lowest BCUT2D eigenvalue weighted by molar-refractivity contribution is -0.122. The largest absolute Gasteiger partial charge is 0.482 e. The molecule has 2 amide bonds. The summed E-state index contributed by atoms with van der Waals surface area (Å²) >= 11 is 0. The first-order valence-corrected chi connectivity index (χ1v) is 10.2. The minimum Gasteiger partial charge on any atom is -0.482 e. The Morgan fingerprint density at radius 2 is 1.93 bits per heavy atom. The highest BCUT2D eigenvalue weighted by atomic mass is 16.5. The van der Waals surface area contributed by atoms with Gasteiger partial charge in [-0.2, -0.15) is 0 Å². The average molecular weight is 393 g/mol. The van der Waals surface area contributed by atoms with Crippen LogP contribution in [0.4, 0.5) is 5.69 Å². The molecule has 29 heavy (non-hydrogen) atoms. The Labute approximate surface area is 171 Å². The number of fused-ring (bicyclic) bond motifs is 1. The lowest BCUT2D eigenvalue weighted by atomic mass is 10.1. The summed E-state index contributed by atoms with van der Waals surface area (Å²) in [5.41, 5.74) is 2.03. The summed E-state index contributed by atoms with van der Waals surface area (Å²) in [6, 6.07) is 18.4. The Balaban J connectivity index is 1.28. The van der Waals surface area contributed by atoms with Gasteiger partial charge in [-0.25, -0.2) is 0 Å². The molecule has 0 spiro atoms. The van der Waals surface area contributed by atoms with Crippen molar-refractivity contribution in [1.82, 2.24) is 10.2 Å². The van der Waals surface area contributed by atoms with Gasteiger partial charge in [0.15, 0.2) is 6.61 Å². The second-order valence-corrected chi connectivity index (χ2v) is 7.69. The zero-order chi connectivity index (χ0) is 20.2. The van der Waals surface area contributed by atoms with Crippen LogP contribution in [0.25, 0.3) is 0 Å². The summed E-state index contributed by atoms with van der Waals surface area (Å²) in [4.78, 5) is 28.8. The zero-order valence-corrected chi connectivity index (χ0v) is 16.7. The molecule has 4 rings (SSSR count). The fourth-order valence-corrected chi connectivity index (χ4v) is 4.11. The van der Waals surface area contributed by atoms with Gasteiger partial charge in [-0.15, -0.1) is 0 Å². The molecule has 2 atom stereocenters. The van der Waals surface area contributed by atoms with E-state index >= 15 is 0 Å². The van der Waals surface area contributed by atoms with Crippen LogP contribution in [0.15, 0.2) is 54.6 Å². The molecule has 2 unspecified atom stereocenters. The number of ether oxygens (including phenoxy) is 1. The third-order valence-corrected chi connectivity index (χ3v) is 5.79. The molecule has 2 aliphatic heterocycles. The Bertz CT molecular complexity index is 871. The van der Waals surface area contributed by atoms with Crippen molar-refractivity contribution in [3.05, 3.63) is 60.2 Å². The normalized spacial score (nSPS) is 20.1. The minimum absolute atomic E-state index is 0.0130. The number of para-hydroxylation sites is 2. The number of carbonyl (C=O) groups is 2. The Morgan fingerprint density at radius 3 is 2.76 bits per heavy atom. The van der Waals surface area contributed by atoms with Crippen LogP contribution in [0, 0.1) is 0 Å². The summed E-state index contributed by atoms with van der Waals surface area (Å²) in [6.07, 6.45) is 1.23. The van der Waals surface area contributed by atoms with Crippen molar-refractivity contribution in [3.8, 4) is 5.75 Å². The van der Waals surface area contributed by atoms with Gasteiger partial charge in [0.25, 0.3) is 5.91 Å². The first-order valence-electron chi connectivity index (χ1n) is 10.2. The van der Waals surface area contributed by atoms with E-state index in [0.29, 0.717) is 18.3 Å². The molecule has 152 valence electrons. The second-order valence-electron chi connectivity index (χ2n) is 7.69. The van der Waals surface area contributed by atoms with Crippen LogP contribution in [-0.4, -0.2) is 49.0 Å². The summed E-state index contributed by atoms with van der Waals surface area (Å²) in [7, 11) is 0. The quantitative estimate of drug-likeness (QED) is 0.820. The maximum atomic E-state index is 12.5. The summed E-state index contributed by atoms with van der Waals surface area (Å²) < 4.78 is 5.45. The monoisotopic (exact) mass is 393 g/mol. The highest BCUT2D eigenvalue weighted by Crippen LogP contribution is 2.31. The number of hydrogen-bond acceptors (Lipinski definition) is 4. The van der Waals surface area contributed by atoms with Gasteiger partial charge in [0.1, 0.15) is 5.75 Å². The molecule has 6 heteroatoms. The van der Waals surface area contributed by atoms with Crippen molar-refractivity contribution in [2.75, 3.05) is 31.1 Å². The van der Waals surface area contributed by atoms with E-state index in [9.17, 15) is 9.59 Å². The molecule has 0 aliphatic carbocycles. The van der Waals surface area contributed by atoms with Crippen LogP contribution in [0.2, 0.25) is 0 Å². The van der Waals surface area contributed by atoms with E-state index in [2.05, 4.69) is 41.4 Å². The molecule has 0 bridgehead atoms. The number of likely N-dealkylation sites (tertiary alicyclic amines) is 1. The van der Waals surface area contributed by atoms with Crippen molar-refractivity contribution in [1.29, 1.82) is 0 Å². The third-order valence-electron chi connectivity index (χ3n) is 5.79. The van der Waals surface area contributed by atoms with Gasteiger partial charge in [0.2, 0.25) is 5.91 Å². The first-order chi connectivity index (χ1) is 14.1. The van der Waals surface area contributed by atoms with Crippen LogP contribution in [-0.2, 0) is 9.59 Å². The minimum atomic E-state index is -0.111. The van der Waals surface area contributed by atoms with Crippen molar-refractivity contribution < 1.29 is 14.3 Å². The molecule has 0 aromatic heterocycles. The number of amides is 2. The summed E-state index contributed by atoms with van der Waals surface area (Å²) in [5, 5.41) is 3.14. The van der Waals surface area contributed by atoms with Crippen LogP contribution in [0.3, 0.4) is 0 Å². The predicted octanol–water partition coefficient (Wildman–Crippen LogP) is 2.75. The molecule has 0 saturated carbocycles. The fraction of sp³-hybridized carbons (Fsp3) is 0.391. The molecule has 6 nitrogen and oxygen atoms in total. The van der Waals surface area contributed by atoms with Gasteiger partial charge < -0.3 is 15.0 Å². The number of nitrogens with one attached hydrogen (secondary N) is 1. The van der Waals surface area contributed by atoms with E-state index in [4.69, 9.17) is 4.74 Å². The van der Waals surface area contributed by atoms with Gasteiger partial charge in [0, 0.05) is 38.1 Å². The molecule has 1 saturated heterocycles. The standard InChI is InChI=1S/C23H27N3O3/c1-17(18-7-3-2-4-8-18)25-13-11-19(15-25)24-22(27)12-14-26-20-9-5-6-10-21(20)29-16-23(26)28/h2-10,17,19H,11-16H2,1H3,(H,24,27). The van der Waals surface area contributed by atoms with Gasteiger partial charge in [-0.1, -0.05) is 42.5 Å². The Morgan fingerprint density at radius 1 is 1.17 bits per heavy atom. The number of carbonyl (C=O) groups excluding carboxylic acids is 2. The smallest absolute Gasteiger partial charge is 0.265 e. The average Bonchev–Trinajstić information content (AvgIpc) is 3.21. The van der Waals surface area contributed by atoms with Crippen LogP contribution >= 0.6 is 0 Å². The van der Waals surface area contributed by atoms with Gasteiger partial charge in [-0.3, -0.25) is 14.5 Å². The summed E-state index contributed by atoms with van der Waals surface area (Å²) in [6.45, 7) is 4.41. The Hall–Kier alpha value is -2.86. The zero-order valence-electron chi connectivity index (χ0n) is 16.7. The lowest BCUT2D eigenvalue weighted by Gasteiger charge is -2.29. The van der Waals surface area contributed by atoms with Gasteiger partial charge >= 0.3 is 0 Å². The number of hydrogen-bond donors (Lipinski definition) is 1. The van der Waals surface area contributed by atoms with E-state index in [1.54, 1.807) is 4.90 Å². The lowest BCUT2D eigenvalue weighted by Crippen LogP contribution is -2.43. The van der Waals surface area contributed by atoms with E-state index < -0.39 is 0 Å². The molecule has 2 aromatic carbocycles. The fourth-order valence-electron chi connectivity index (χ4n) is 4.11. The van der Waals surface area contributed by atoms with Gasteiger partial charge in [-0.05, 0) is 31.0 Å². The molecule has 1 fully saturated rings. The molecule has 2 heterocycles. The van der Waals surface area contributed by atoms with E-state index in [1.807, 2.05) is 30.3 Å². The molecular formula is C23H27N3O3. The van der Waals surface area contributed by atoms with E-state index in [1.165, 1.54) is 5.56 Å². The number of benzene rings is 2. The van der Waals surface area contributed by atoms with Crippen LogP contribution < -0.4 is 15.0 Å². The van der Waals surface area contributed by atoms with Crippen molar-refractivity contribution in [2.45, 2.75) is 31.8 Å². The molecule has 2 aromatic rings. The van der Waals surface area contributed by atoms with Crippen molar-refractivity contribution in [2.24, 2.45) is 0 Å². The molecular weight excluding hydrogens is 366 g/mol. The number of nitrogens with zero attached hydrogens (tertiary/aromatic N) is 2. The highest BCUT2D eigenvalue weighted by Gasteiger charge is 2.29. The van der Waals surface area contributed by atoms with E-state index in [0.717, 1.165) is 25.2 Å². The molecule has 2 aliphatic rings. The van der Waals surface area contributed by atoms with Gasteiger partial charge in [0.05, 0.1) is 5.69 Å². The third kappa shape index (κ3) is 4.43. The first kappa shape index (κ1) is 19.5. The SMILES string of the molecule is CC(c1ccccc1)N1CCC(NC(=O)CCN2C(=O)COc3ccccc32)C1. The van der Waals surface area contributed by atoms with Crippen molar-refractivity contribution in [3.63, 3.8) is 0 Å². The maximum Gasteiger partial charge on any atom is 0.265 e. The summed E-state index contributed by atoms with van der Waals surface area (Å²) in [5.74, 6) is 0.565. The van der Waals surface area contributed by atoms with Crippen LogP contribution in [0.5, 0.6) is 5.75 Å². The highest BCUT2D eigenvalue weighted by molar-refractivity contribution is 5.98. The van der Waals surface area contributed by atoms with Crippen LogP contribution in [0.1, 0.15) is 31.4 Å². The number of rotatable bonds is 6. The molecule has 1 N–H and O–H groups in total. The Kier molecular flexibility index (Phi) is 5.81. The topological polar surface area (TPSA) is 61.9 Å². The predicted molar refractivity (Wildman–Crippen MR) is 112 cm³/mol. The molecule has 0 radical (unpaired) electrons.